The van der Waals surface area contributed by atoms with Gasteiger partial charge in [0.25, 0.3) is 5.67 Å². The number of alkyl halides is 1. The van der Waals surface area contributed by atoms with Gasteiger partial charge >= 0.3 is 5.97 Å². The van der Waals surface area contributed by atoms with Crippen molar-refractivity contribution in [2.45, 2.75) is 32.9 Å². The molecule has 13 heavy (non-hydrogen) atoms. The average molecular weight is 187 g/mol. The van der Waals surface area contributed by atoms with Gasteiger partial charge in [-0.1, -0.05) is 13.8 Å². The van der Waals surface area contributed by atoms with Crippen molar-refractivity contribution in [1.29, 1.82) is 5.26 Å². The minimum absolute atomic E-state index is 0.0859. The van der Waals surface area contributed by atoms with Crippen molar-refractivity contribution < 1.29 is 13.9 Å². The van der Waals surface area contributed by atoms with E-state index in [1.807, 2.05) is 0 Å². The maximum Gasteiger partial charge on any atom is 0.359 e. The van der Waals surface area contributed by atoms with Crippen LogP contribution < -0.4 is 0 Å². The average Bonchev–Trinajstić information content (AvgIpc) is 2.15. The van der Waals surface area contributed by atoms with E-state index in [1.165, 1.54) is 13.0 Å². The highest BCUT2D eigenvalue weighted by atomic mass is 19.1. The molecule has 0 aliphatic carbocycles. The highest BCUT2D eigenvalue weighted by Crippen LogP contribution is 2.25. The summed E-state index contributed by atoms with van der Waals surface area (Å²) in [6, 6.07) is 1.37. The third-order valence-electron chi connectivity index (χ3n) is 2.03. The zero-order valence-corrected chi connectivity index (χ0v) is 8.13. The van der Waals surface area contributed by atoms with Crippen LogP contribution in [-0.4, -0.2) is 18.2 Å². The standard InChI is InChI=1S/C9H14FNO2/c1-4-7(3)9(10,6-11)8(12)13-5-2/h7H,4-5H2,1-3H3. The molecular formula is C9H14FNO2. The van der Waals surface area contributed by atoms with Gasteiger partial charge in [0, 0.05) is 5.92 Å². The summed E-state index contributed by atoms with van der Waals surface area (Å²) in [6.45, 7) is 4.89. The SMILES string of the molecule is CCOC(=O)C(F)(C#N)C(C)CC. The summed E-state index contributed by atoms with van der Waals surface area (Å²) in [5.74, 6) is -1.72. The van der Waals surface area contributed by atoms with Gasteiger partial charge in [-0.25, -0.2) is 9.18 Å². The Labute approximate surface area is 77.5 Å². The summed E-state index contributed by atoms with van der Waals surface area (Å²) in [7, 11) is 0. The minimum atomic E-state index is -2.50. The molecule has 0 aromatic heterocycles. The van der Waals surface area contributed by atoms with Crippen LogP contribution in [0.15, 0.2) is 0 Å². The van der Waals surface area contributed by atoms with E-state index in [9.17, 15) is 9.18 Å². The molecule has 0 amide bonds. The molecule has 0 aromatic carbocycles. The van der Waals surface area contributed by atoms with Crippen LogP contribution in [0.25, 0.3) is 0 Å². The summed E-state index contributed by atoms with van der Waals surface area (Å²) in [6.07, 6.45) is 0.420. The second kappa shape index (κ2) is 4.80. The van der Waals surface area contributed by atoms with Crippen LogP contribution in [0.5, 0.6) is 0 Å². The number of ether oxygens (including phenoxy) is 1. The largest absolute Gasteiger partial charge is 0.463 e. The highest BCUT2D eigenvalue weighted by Gasteiger charge is 2.45. The molecule has 0 fully saturated rings. The van der Waals surface area contributed by atoms with Gasteiger partial charge in [0.05, 0.1) is 6.61 Å². The first kappa shape index (κ1) is 11.9. The van der Waals surface area contributed by atoms with Crippen LogP contribution in [0.4, 0.5) is 4.39 Å². The van der Waals surface area contributed by atoms with Crippen molar-refractivity contribution in [2.24, 2.45) is 5.92 Å². The second-order valence-electron chi connectivity index (χ2n) is 2.85. The Morgan fingerprint density at radius 2 is 2.23 bits per heavy atom. The van der Waals surface area contributed by atoms with Crippen LogP contribution in [0.1, 0.15) is 27.2 Å². The molecule has 0 saturated heterocycles. The number of carbonyl (C=O) groups excluding carboxylic acids is 1. The molecule has 3 nitrogen and oxygen atoms in total. The van der Waals surface area contributed by atoms with Crippen LogP contribution in [0.2, 0.25) is 0 Å². The van der Waals surface area contributed by atoms with Gasteiger partial charge in [-0.15, -0.1) is 0 Å². The quantitative estimate of drug-likeness (QED) is 0.631. The summed E-state index contributed by atoms with van der Waals surface area (Å²) < 4.78 is 18.1. The monoisotopic (exact) mass is 187 g/mol. The predicted octanol–water partition coefficient (Wildman–Crippen LogP) is 1.83. The maximum atomic E-state index is 13.7. The first-order chi connectivity index (χ1) is 6.02. The van der Waals surface area contributed by atoms with Crippen LogP contribution in [-0.2, 0) is 9.53 Å². The van der Waals surface area contributed by atoms with Crippen molar-refractivity contribution in [3.8, 4) is 6.07 Å². The fraction of sp³-hybridized carbons (Fsp3) is 0.778. The van der Waals surface area contributed by atoms with E-state index in [-0.39, 0.29) is 6.61 Å². The van der Waals surface area contributed by atoms with Crippen LogP contribution in [0.3, 0.4) is 0 Å². The molecule has 74 valence electrons. The summed E-state index contributed by atoms with van der Waals surface area (Å²) in [4.78, 5) is 11.1. The molecule has 0 rings (SSSR count). The first-order valence-electron chi connectivity index (χ1n) is 4.30. The highest BCUT2D eigenvalue weighted by molar-refractivity contribution is 5.83. The van der Waals surface area contributed by atoms with Gasteiger partial charge in [-0.2, -0.15) is 5.26 Å². The van der Waals surface area contributed by atoms with Gasteiger partial charge < -0.3 is 4.74 Å². The smallest absolute Gasteiger partial charge is 0.359 e. The van der Waals surface area contributed by atoms with Crippen LogP contribution in [0, 0.1) is 17.2 Å². The van der Waals surface area contributed by atoms with Gasteiger partial charge in [-0.3, -0.25) is 0 Å². The van der Waals surface area contributed by atoms with E-state index in [1.54, 1.807) is 13.8 Å². The molecule has 2 unspecified atom stereocenters. The van der Waals surface area contributed by atoms with E-state index < -0.39 is 17.6 Å². The molecule has 2 atom stereocenters. The van der Waals surface area contributed by atoms with Crippen molar-refractivity contribution in [3.05, 3.63) is 0 Å². The molecule has 0 spiro atoms. The Balaban J connectivity index is 4.64. The van der Waals surface area contributed by atoms with E-state index in [4.69, 9.17) is 5.26 Å². The zero-order chi connectivity index (χ0) is 10.5. The lowest BCUT2D eigenvalue weighted by Gasteiger charge is -2.21. The number of carbonyl (C=O) groups is 1. The molecule has 0 aliphatic rings. The van der Waals surface area contributed by atoms with Gasteiger partial charge in [-0.05, 0) is 13.3 Å². The summed E-state index contributed by atoms with van der Waals surface area (Å²) in [5.41, 5.74) is -2.50. The van der Waals surface area contributed by atoms with Gasteiger partial charge in [0.2, 0.25) is 0 Å². The Morgan fingerprint density at radius 3 is 2.54 bits per heavy atom. The molecule has 0 aliphatic heterocycles. The lowest BCUT2D eigenvalue weighted by Crippen LogP contribution is -2.40. The molecule has 0 aromatic rings. The Bertz CT molecular complexity index is 224. The van der Waals surface area contributed by atoms with E-state index in [0.29, 0.717) is 6.42 Å². The number of hydrogen-bond donors (Lipinski definition) is 0. The van der Waals surface area contributed by atoms with Crippen molar-refractivity contribution in [3.63, 3.8) is 0 Å². The Morgan fingerprint density at radius 1 is 1.69 bits per heavy atom. The minimum Gasteiger partial charge on any atom is -0.463 e. The second-order valence-corrected chi connectivity index (χ2v) is 2.85. The lowest BCUT2D eigenvalue weighted by molar-refractivity contribution is -0.156. The molecular weight excluding hydrogens is 173 g/mol. The molecule has 0 radical (unpaired) electrons. The number of halogens is 1. The van der Waals surface area contributed by atoms with Gasteiger partial charge in [0.1, 0.15) is 6.07 Å². The topological polar surface area (TPSA) is 50.1 Å². The Kier molecular flexibility index (Phi) is 4.39. The van der Waals surface area contributed by atoms with Crippen molar-refractivity contribution >= 4 is 5.97 Å². The predicted molar refractivity (Wildman–Crippen MR) is 45.5 cm³/mol. The van der Waals surface area contributed by atoms with Gasteiger partial charge in [0.15, 0.2) is 0 Å². The number of nitrogens with zero attached hydrogens (tertiary/aromatic N) is 1. The molecule has 4 heteroatoms. The summed E-state index contributed by atoms with van der Waals surface area (Å²) >= 11 is 0. The lowest BCUT2D eigenvalue weighted by atomic mass is 9.90. The molecule has 0 heterocycles. The third-order valence-corrected chi connectivity index (χ3v) is 2.03. The van der Waals surface area contributed by atoms with Crippen molar-refractivity contribution in [1.82, 2.24) is 0 Å². The number of nitriles is 1. The molecule has 0 N–H and O–H groups in total. The zero-order valence-electron chi connectivity index (χ0n) is 8.13. The van der Waals surface area contributed by atoms with E-state index >= 15 is 0 Å². The maximum absolute atomic E-state index is 13.7. The first-order valence-corrected chi connectivity index (χ1v) is 4.30. The number of esters is 1. The summed E-state index contributed by atoms with van der Waals surface area (Å²) in [5, 5.41) is 8.56. The van der Waals surface area contributed by atoms with E-state index in [0.717, 1.165) is 0 Å². The normalized spacial score (nSPS) is 16.8. The van der Waals surface area contributed by atoms with Crippen LogP contribution >= 0.6 is 0 Å². The number of hydrogen-bond acceptors (Lipinski definition) is 3. The molecule has 0 saturated carbocycles. The van der Waals surface area contributed by atoms with Crippen molar-refractivity contribution in [2.75, 3.05) is 6.61 Å². The Hall–Kier alpha value is -1.11. The fourth-order valence-corrected chi connectivity index (χ4v) is 0.874. The third kappa shape index (κ3) is 2.41. The number of rotatable bonds is 4. The van der Waals surface area contributed by atoms with E-state index in [2.05, 4.69) is 4.74 Å². The fourth-order valence-electron chi connectivity index (χ4n) is 0.874. The molecule has 0 bridgehead atoms.